The molecule has 1 fully saturated rings. The first kappa shape index (κ1) is 21.3. The largest absolute Gasteiger partial charge is 0.271 e. The van der Waals surface area contributed by atoms with E-state index in [1.807, 2.05) is 6.92 Å². The van der Waals surface area contributed by atoms with E-state index in [1.165, 1.54) is 28.6 Å². The monoisotopic (exact) mass is 435 g/mol. The predicted molar refractivity (Wildman–Crippen MR) is 110 cm³/mol. The van der Waals surface area contributed by atoms with Crippen molar-refractivity contribution in [3.63, 3.8) is 0 Å². The molecule has 2 aromatic carbocycles. The molecule has 2 amide bonds. The molecule has 0 saturated carbocycles. The van der Waals surface area contributed by atoms with Crippen LogP contribution < -0.4 is 10.9 Å². The van der Waals surface area contributed by atoms with Gasteiger partial charge in [0.15, 0.2) is 0 Å². The summed E-state index contributed by atoms with van der Waals surface area (Å²) in [7, 11) is -3.82. The van der Waals surface area contributed by atoms with Crippen LogP contribution in [0.4, 0.5) is 0 Å². The summed E-state index contributed by atoms with van der Waals surface area (Å²) in [6, 6.07) is 11.8. The fraction of sp³-hybridized carbons (Fsp3) is 0.300. The zero-order valence-electron chi connectivity index (χ0n) is 15.9. The second kappa shape index (κ2) is 8.94. The number of amides is 2. The van der Waals surface area contributed by atoms with E-state index in [-0.39, 0.29) is 11.4 Å². The third-order valence-electron chi connectivity index (χ3n) is 4.79. The highest BCUT2D eigenvalue weighted by Crippen LogP contribution is 2.25. The predicted octanol–water partition coefficient (Wildman–Crippen LogP) is 2.65. The lowest BCUT2D eigenvalue weighted by Gasteiger charge is -2.33. The minimum absolute atomic E-state index is 0.146. The van der Waals surface area contributed by atoms with Crippen molar-refractivity contribution in [3.8, 4) is 0 Å². The van der Waals surface area contributed by atoms with Gasteiger partial charge in [0.05, 0.1) is 4.90 Å². The number of aryl methyl sites for hydroxylation is 1. The maximum atomic E-state index is 13.1. The molecular weight excluding hydrogens is 414 g/mol. The quantitative estimate of drug-likeness (QED) is 0.721. The van der Waals surface area contributed by atoms with Gasteiger partial charge in [-0.1, -0.05) is 35.7 Å². The Morgan fingerprint density at radius 3 is 2.31 bits per heavy atom. The number of nitrogens with one attached hydrogen (secondary N) is 2. The molecule has 1 heterocycles. The fourth-order valence-corrected chi connectivity index (χ4v) is 4.96. The zero-order valence-corrected chi connectivity index (χ0v) is 17.5. The fourth-order valence-electron chi connectivity index (χ4n) is 3.18. The van der Waals surface area contributed by atoms with Crippen LogP contribution in [0, 0.1) is 6.92 Å². The Balaban J connectivity index is 1.71. The number of carbonyl (C=O) groups is 2. The van der Waals surface area contributed by atoms with Gasteiger partial charge in [-0.05, 0) is 56.2 Å². The minimum atomic E-state index is -3.82. The molecule has 1 saturated heterocycles. The first-order valence-electron chi connectivity index (χ1n) is 9.23. The number of piperidine rings is 1. The highest BCUT2D eigenvalue weighted by atomic mass is 35.5. The summed E-state index contributed by atoms with van der Waals surface area (Å²) < 4.78 is 27.3. The Bertz CT molecular complexity index is 991. The lowest BCUT2D eigenvalue weighted by molar-refractivity contribution is -0.126. The van der Waals surface area contributed by atoms with E-state index in [2.05, 4.69) is 10.9 Å². The van der Waals surface area contributed by atoms with Crippen LogP contribution in [0.1, 0.15) is 35.2 Å². The summed E-state index contributed by atoms with van der Waals surface area (Å²) in [6.45, 7) is 2.12. The Labute approximate surface area is 175 Å². The molecule has 0 aliphatic carbocycles. The molecule has 0 radical (unpaired) electrons. The molecule has 0 spiro atoms. The van der Waals surface area contributed by atoms with Crippen molar-refractivity contribution in [2.45, 2.75) is 37.1 Å². The van der Waals surface area contributed by atoms with E-state index in [0.29, 0.717) is 23.4 Å². The molecule has 1 aliphatic rings. The zero-order chi connectivity index (χ0) is 21.0. The summed E-state index contributed by atoms with van der Waals surface area (Å²) in [5, 5.41) is 0.491. The van der Waals surface area contributed by atoms with Gasteiger partial charge < -0.3 is 0 Å². The van der Waals surface area contributed by atoms with Crippen LogP contribution >= 0.6 is 11.6 Å². The van der Waals surface area contributed by atoms with Crippen molar-refractivity contribution in [1.29, 1.82) is 0 Å². The normalized spacial score (nSPS) is 17.5. The number of nitrogens with zero attached hydrogens (tertiary/aromatic N) is 1. The highest BCUT2D eigenvalue weighted by Gasteiger charge is 2.37. The molecule has 7 nitrogen and oxygen atoms in total. The van der Waals surface area contributed by atoms with Crippen LogP contribution in [0.3, 0.4) is 0 Å². The van der Waals surface area contributed by atoms with Gasteiger partial charge in [-0.2, -0.15) is 4.31 Å². The van der Waals surface area contributed by atoms with Crippen LogP contribution in [0.25, 0.3) is 0 Å². The van der Waals surface area contributed by atoms with Crippen molar-refractivity contribution >= 4 is 33.4 Å². The van der Waals surface area contributed by atoms with E-state index >= 15 is 0 Å². The summed E-state index contributed by atoms with van der Waals surface area (Å²) in [5.41, 5.74) is 5.95. The van der Waals surface area contributed by atoms with E-state index in [4.69, 9.17) is 11.6 Å². The minimum Gasteiger partial charge on any atom is -0.271 e. The van der Waals surface area contributed by atoms with Gasteiger partial charge in [-0.3, -0.25) is 20.4 Å². The summed E-state index contributed by atoms with van der Waals surface area (Å²) in [4.78, 5) is 25.0. The third-order valence-corrected chi connectivity index (χ3v) is 6.96. The number of halogens is 1. The molecule has 1 atom stereocenters. The van der Waals surface area contributed by atoms with Gasteiger partial charge >= 0.3 is 0 Å². The summed E-state index contributed by atoms with van der Waals surface area (Å²) in [6.07, 6.45) is 1.78. The van der Waals surface area contributed by atoms with Gasteiger partial charge in [0.2, 0.25) is 10.0 Å². The molecule has 0 aromatic heterocycles. The van der Waals surface area contributed by atoms with Crippen LogP contribution in [0.5, 0.6) is 0 Å². The lowest BCUT2D eigenvalue weighted by Crippen LogP contribution is -2.55. The van der Waals surface area contributed by atoms with Crippen molar-refractivity contribution in [1.82, 2.24) is 15.2 Å². The van der Waals surface area contributed by atoms with Crippen LogP contribution in [-0.4, -0.2) is 37.1 Å². The number of hydrogen-bond donors (Lipinski definition) is 2. The second-order valence-electron chi connectivity index (χ2n) is 6.89. The Kier molecular flexibility index (Phi) is 6.56. The highest BCUT2D eigenvalue weighted by molar-refractivity contribution is 7.89. The van der Waals surface area contributed by atoms with Crippen LogP contribution in [-0.2, 0) is 14.8 Å². The molecule has 3 rings (SSSR count). The van der Waals surface area contributed by atoms with Gasteiger partial charge in [0, 0.05) is 17.1 Å². The Morgan fingerprint density at radius 1 is 1.00 bits per heavy atom. The van der Waals surface area contributed by atoms with Crippen LogP contribution in [0.2, 0.25) is 5.02 Å². The molecule has 1 aliphatic heterocycles. The first-order chi connectivity index (χ1) is 13.8. The standard InChI is InChI=1S/C20H22ClN3O4S/c1-14-5-11-17(12-6-14)29(27,28)24-13-3-2-4-18(24)20(26)23-22-19(25)15-7-9-16(21)10-8-15/h5-12,18H,2-4,13H2,1H3,(H,22,25)(H,23,26). The van der Waals surface area contributed by atoms with Gasteiger partial charge in [0.25, 0.3) is 11.8 Å². The Hall–Kier alpha value is -2.42. The topological polar surface area (TPSA) is 95.6 Å². The smallest absolute Gasteiger partial charge is 0.269 e. The number of rotatable bonds is 4. The van der Waals surface area contributed by atoms with Crippen molar-refractivity contribution in [3.05, 3.63) is 64.7 Å². The molecule has 2 N–H and O–H groups in total. The van der Waals surface area contributed by atoms with Gasteiger partial charge in [-0.15, -0.1) is 0 Å². The molecule has 0 bridgehead atoms. The van der Waals surface area contributed by atoms with Crippen molar-refractivity contribution in [2.75, 3.05) is 6.54 Å². The summed E-state index contributed by atoms with van der Waals surface area (Å²) in [5.74, 6) is -1.08. The number of hydrogen-bond acceptors (Lipinski definition) is 4. The molecule has 2 aromatic rings. The molecule has 29 heavy (non-hydrogen) atoms. The molecule has 9 heteroatoms. The maximum absolute atomic E-state index is 13.1. The SMILES string of the molecule is Cc1ccc(S(=O)(=O)N2CCCCC2C(=O)NNC(=O)c2ccc(Cl)cc2)cc1. The number of benzene rings is 2. The van der Waals surface area contributed by atoms with Crippen LogP contribution in [0.15, 0.2) is 53.4 Å². The number of sulfonamides is 1. The summed E-state index contributed by atoms with van der Waals surface area (Å²) >= 11 is 5.80. The van der Waals surface area contributed by atoms with Gasteiger partial charge in [0.1, 0.15) is 6.04 Å². The van der Waals surface area contributed by atoms with Crippen molar-refractivity contribution in [2.24, 2.45) is 0 Å². The van der Waals surface area contributed by atoms with E-state index < -0.39 is 27.9 Å². The molecule has 154 valence electrons. The average Bonchev–Trinajstić information content (AvgIpc) is 2.72. The van der Waals surface area contributed by atoms with E-state index in [0.717, 1.165) is 12.0 Å². The third kappa shape index (κ3) is 4.95. The van der Waals surface area contributed by atoms with E-state index in [9.17, 15) is 18.0 Å². The maximum Gasteiger partial charge on any atom is 0.269 e. The van der Waals surface area contributed by atoms with Gasteiger partial charge in [-0.25, -0.2) is 8.42 Å². The second-order valence-corrected chi connectivity index (χ2v) is 9.22. The average molecular weight is 436 g/mol. The first-order valence-corrected chi connectivity index (χ1v) is 11.0. The number of carbonyl (C=O) groups excluding carboxylic acids is 2. The number of hydrazine groups is 1. The van der Waals surface area contributed by atoms with Crippen molar-refractivity contribution < 1.29 is 18.0 Å². The lowest BCUT2D eigenvalue weighted by atomic mass is 10.0. The Morgan fingerprint density at radius 2 is 1.66 bits per heavy atom. The molecule has 1 unspecified atom stereocenters. The molecular formula is C20H22ClN3O4S. The van der Waals surface area contributed by atoms with E-state index in [1.54, 1.807) is 24.3 Å².